The molecule has 1 aromatic carbocycles. The molecule has 23 heavy (non-hydrogen) atoms. The van der Waals surface area contributed by atoms with Crippen molar-refractivity contribution < 1.29 is 27.5 Å². The lowest BCUT2D eigenvalue weighted by Gasteiger charge is -2.26. The maximum atomic E-state index is 12.4. The third-order valence-electron chi connectivity index (χ3n) is 3.41. The molecule has 0 unspecified atom stereocenters. The summed E-state index contributed by atoms with van der Waals surface area (Å²) in [6.07, 6.45) is -4.82. The molecule has 3 rings (SSSR count). The highest BCUT2D eigenvalue weighted by atomic mass is 19.4. The fourth-order valence-electron chi connectivity index (χ4n) is 2.44. The molecule has 1 fully saturated rings. The number of benzene rings is 1. The third-order valence-corrected chi connectivity index (χ3v) is 3.41. The minimum atomic E-state index is -4.82. The van der Waals surface area contributed by atoms with E-state index in [9.17, 15) is 22.8 Å². The van der Waals surface area contributed by atoms with Crippen molar-refractivity contribution in [2.75, 3.05) is 19.6 Å². The maximum Gasteiger partial charge on any atom is 0.573 e. The number of ether oxygens (including phenoxy) is 1. The van der Waals surface area contributed by atoms with Crippen LogP contribution in [0.2, 0.25) is 0 Å². The summed E-state index contributed by atoms with van der Waals surface area (Å²) in [5.41, 5.74) is 0.449. The number of alkyl halides is 3. The molecule has 2 heterocycles. The van der Waals surface area contributed by atoms with Gasteiger partial charge in [-0.1, -0.05) is 6.07 Å². The number of aromatic nitrogens is 1. The van der Waals surface area contributed by atoms with E-state index in [1.807, 2.05) is 0 Å². The first-order valence-electron chi connectivity index (χ1n) is 6.77. The summed E-state index contributed by atoms with van der Waals surface area (Å²) in [6, 6.07) is 5.40. The number of rotatable bonds is 2. The van der Waals surface area contributed by atoms with Gasteiger partial charge in [0.25, 0.3) is 5.91 Å². The van der Waals surface area contributed by atoms with E-state index in [4.69, 9.17) is 0 Å². The van der Waals surface area contributed by atoms with Gasteiger partial charge in [-0.05, 0) is 18.2 Å². The topological polar surface area (TPSA) is 74.4 Å². The molecule has 1 saturated heterocycles. The van der Waals surface area contributed by atoms with Gasteiger partial charge >= 0.3 is 6.36 Å². The molecular weight excluding hydrogens is 315 g/mol. The Kier molecular flexibility index (Phi) is 3.63. The van der Waals surface area contributed by atoms with Crippen LogP contribution in [-0.2, 0) is 4.79 Å². The number of aromatic amines is 1. The Morgan fingerprint density at radius 3 is 2.78 bits per heavy atom. The first-order chi connectivity index (χ1) is 10.8. The van der Waals surface area contributed by atoms with E-state index in [2.05, 4.69) is 15.0 Å². The highest BCUT2D eigenvalue weighted by Crippen LogP contribution is 2.31. The lowest BCUT2D eigenvalue weighted by Crippen LogP contribution is -2.50. The van der Waals surface area contributed by atoms with Crippen LogP contribution in [0, 0.1) is 0 Å². The molecule has 0 spiro atoms. The van der Waals surface area contributed by atoms with E-state index in [0.29, 0.717) is 18.6 Å². The highest BCUT2D eigenvalue weighted by molar-refractivity contribution is 6.01. The number of carbonyl (C=O) groups is 2. The molecule has 0 saturated carbocycles. The van der Waals surface area contributed by atoms with Gasteiger partial charge in [0.1, 0.15) is 11.4 Å². The predicted molar refractivity (Wildman–Crippen MR) is 73.9 cm³/mol. The first kappa shape index (κ1) is 15.2. The van der Waals surface area contributed by atoms with E-state index in [1.54, 1.807) is 0 Å². The van der Waals surface area contributed by atoms with Crippen molar-refractivity contribution in [2.45, 2.75) is 6.36 Å². The number of amides is 2. The van der Waals surface area contributed by atoms with Gasteiger partial charge in [-0.2, -0.15) is 0 Å². The third kappa shape index (κ3) is 3.22. The quantitative estimate of drug-likeness (QED) is 0.880. The second kappa shape index (κ2) is 5.49. The van der Waals surface area contributed by atoms with Gasteiger partial charge in [0.05, 0.1) is 6.54 Å². The van der Waals surface area contributed by atoms with E-state index in [-0.39, 0.29) is 29.3 Å². The fourth-order valence-corrected chi connectivity index (χ4v) is 2.44. The molecule has 6 nitrogen and oxygen atoms in total. The van der Waals surface area contributed by atoms with Gasteiger partial charge in [0.2, 0.25) is 5.91 Å². The van der Waals surface area contributed by atoms with Crippen LogP contribution in [0.15, 0.2) is 24.3 Å². The Morgan fingerprint density at radius 1 is 1.30 bits per heavy atom. The summed E-state index contributed by atoms with van der Waals surface area (Å²) < 4.78 is 41.2. The van der Waals surface area contributed by atoms with Crippen LogP contribution in [0.25, 0.3) is 10.9 Å². The normalized spacial score (nSPS) is 15.6. The number of H-pyrrole nitrogens is 1. The molecule has 2 N–H and O–H groups in total. The smallest absolute Gasteiger partial charge is 0.405 e. The number of nitrogens with one attached hydrogen (secondary N) is 2. The van der Waals surface area contributed by atoms with E-state index >= 15 is 0 Å². The molecular formula is C14H12F3N3O3. The Hall–Kier alpha value is -2.71. The van der Waals surface area contributed by atoms with Crippen molar-refractivity contribution in [1.29, 1.82) is 0 Å². The van der Waals surface area contributed by atoms with Gasteiger partial charge < -0.3 is 19.9 Å². The van der Waals surface area contributed by atoms with Crippen molar-refractivity contribution in [1.82, 2.24) is 15.2 Å². The lowest BCUT2D eigenvalue weighted by molar-refractivity contribution is -0.274. The molecule has 9 heteroatoms. The van der Waals surface area contributed by atoms with Gasteiger partial charge in [0, 0.05) is 24.0 Å². The molecule has 122 valence electrons. The SMILES string of the molecule is O=C1CN(C(=O)c2cc3c(OC(F)(F)F)cccc3[nH]2)CCN1. The summed E-state index contributed by atoms with van der Waals surface area (Å²) in [5.74, 6) is -1.11. The highest BCUT2D eigenvalue weighted by Gasteiger charge is 2.32. The summed E-state index contributed by atoms with van der Waals surface area (Å²) in [6.45, 7) is 0.596. The molecule has 0 radical (unpaired) electrons. The van der Waals surface area contributed by atoms with Crippen LogP contribution < -0.4 is 10.1 Å². The zero-order valence-corrected chi connectivity index (χ0v) is 11.7. The average molecular weight is 327 g/mol. The zero-order chi connectivity index (χ0) is 16.6. The van der Waals surface area contributed by atoms with Crippen LogP contribution in [-0.4, -0.2) is 47.7 Å². The lowest BCUT2D eigenvalue weighted by atomic mass is 10.2. The van der Waals surface area contributed by atoms with Crippen molar-refractivity contribution in [3.63, 3.8) is 0 Å². The molecule has 0 aliphatic carbocycles. The minimum Gasteiger partial charge on any atom is -0.405 e. The molecule has 1 aliphatic rings. The van der Waals surface area contributed by atoms with Crippen LogP contribution >= 0.6 is 0 Å². The molecule has 0 bridgehead atoms. The first-order valence-corrected chi connectivity index (χ1v) is 6.77. The maximum absolute atomic E-state index is 12.4. The van der Waals surface area contributed by atoms with Crippen molar-refractivity contribution in [3.05, 3.63) is 30.0 Å². The standard InChI is InChI=1S/C14H12F3N3O3/c15-14(16,17)23-11-3-1-2-9-8(11)6-10(19-9)13(22)20-5-4-18-12(21)7-20/h1-3,6,19H,4-5,7H2,(H,18,21). The van der Waals surface area contributed by atoms with Crippen molar-refractivity contribution >= 4 is 22.7 Å². The Bertz CT molecular complexity index is 769. The monoisotopic (exact) mass is 327 g/mol. The molecule has 2 amide bonds. The number of fused-ring (bicyclic) bond motifs is 1. The molecule has 1 aliphatic heterocycles. The number of halogens is 3. The number of carbonyl (C=O) groups excluding carboxylic acids is 2. The molecule has 1 aromatic heterocycles. The summed E-state index contributed by atoms with van der Waals surface area (Å²) in [7, 11) is 0. The molecule has 2 aromatic rings. The molecule has 0 atom stereocenters. The largest absolute Gasteiger partial charge is 0.573 e. The second-order valence-corrected chi connectivity index (χ2v) is 5.02. The Balaban J connectivity index is 1.92. The van der Waals surface area contributed by atoms with Crippen molar-refractivity contribution in [3.8, 4) is 5.75 Å². The summed E-state index contributed by atoms with van der Waals surface area (Å²) >= 11 is 0. The van der Waals surface area contributed by atoms with Crippen LogP contribution in [0.4, 0.5) is 13.2 Å². The van der Waals surface area contributed by atoms with Gasteiger partial charge in [-0.25, -0.2) is 0 Å². The Morgan fingerprint density at radius 2 is 2.09 bits per heavy atom. The van der Waals surface area contributed by atoms with Gasteiger partial charge in [-0.15, -0.1) is 13.2 Å². The number of hydrogen-bond donors (Lipinski definition) is 2. The fraction of sp³-hybridized carbons (Fsp3) is 0.286. The van der Waals surface area contributed by atoms with Gasteiger partial charge in [0.15, 0.2) is 0 Å². The number of nitrogens with zero attached hydrogens (tertiary/aromatic N) is 1. The minimum absolute atomic E-state index is 0.0832. The van der Waals surface area contributed by atoms with E-state index in [0.717, 1.165) is 0 Å². The predicted octanol–water partition coefficient (Wildman–Crippen LogP) is 1.64. The van der Waals surface area contributed by atoms with Crippen LogP contribution in [0.5, 0.6) is 5.75 Å². The zero-order valence-electron chi connectivity index (χ0n) is 11.7. The van der Waals surface area contributed by atoms with Gasteiger partial charge in [-0.3, -0.25) is 9.59 Å². The number of hydrogen-bond acceptors (Lipinski definition) is 3. The van der Waals surface area contributed by atoms with E-state index in [1.165, 1.54) is 29.2 Å². The summed E-state index contributed by atoms with van der Waals surface area (Å²) in [5, 5.41) is 2.74. The summed E-state index contributed by atoms with van der Waals surface area (Å²) in [4.78, 5) is 27.8. The van der Waals surface area contributed by atoms with Crippen molar-refractivity contribution in [2.24, 2.45) is 0 Å². The Labute approximate surface area is 128 Å². The van der Waals surface area contributed by atoms with Crippen LogP contribution in [0.3, 0.4) is 0 Å². The van der Waals surface area contributed by atoms with E-state index < -0.39 is 12.3 Å². The second-order valence-electron chi connectivity index (χ2n) is 5.02. The average Bonchev–Trinajstić information content (AvgIpc) is 2.90. The van der Waals surface area contributed by atoms with Crippen LogP contribution in [0.1, 0.15) is 10.5 Å². The number of piperazine rings is 1.